The molecule has 0 heterocycles. The standard InChI is InChI=1S/C14H26O2Si/c1-11-8-9-12-6-5-7-13(15)14(11,12)10-16-17(2,3)4/h11-12H,5-10H2,1-4H3/t11-,12-,14+/m0/s1. The summed E-state index contributed by atoms with van der Waals surface area (Å²) in [6.07, 6.45) is 5.58. The van der Waals surface area contributed by atoms with Crippen LogP contribution in [0.3, 0.4) is 0 Å². The smallest absolute Gasteiger partial charge is 0.183 e. The van der Waals surface area contributed by atoms with Gasteiger partial charge in [-0.15, -0.1) is 0 Å². The van der Waals surface area contributed by atoms with Crippen molar-refractivity contribution >= 4 is 14.1 Å². The lowest BCUT2D eigenvalue weighted by molar-refractivity contribution is -0.139. The highest BCUT2D eigenvalue weighted by Gasteiger charge is 2.54. The van der Waals surface area contributed by atoms with Gasteiger partial charge in [0.05, 0.1) is 5.41 Å². The summed E-state index contributed by atoms with van der Waals surface area (Å²) in [6, 6.07) is 0. The van der Waals surface area contributed by atoms with Gasteiger partial charge in [-0.2, -0.15) is 0 Å². The van der Waals surface area contributed by atoms with Gasteiger partial charge in [-0.05, 0) is 57.2 Å². The highest BCUT2D eigenvalue weighted by molar-refractivity contribution is 6.69. The van der Waals surface area contributed by atoms with E-state index in [0.717, 1.165) is 12.8 Å². The van der Waals surface area contributed by atoms with Crippen molar-refractivity contribution < 1.29 is 9.22 Å². The number of ketones is 1. The minimum Gasteiger partial charge on any atom is -0.417 e. The van der Waals surface area contributed by atoms with Crippen LogP contribution in [0.5, 0.6) is 0 Å². The molecule has 2 rings (SSSR count). The Morgan fingerprint density at radius 2 is 2.00 bits per heavy atom. The molecule has 0 spiro atoms. The molecule has 2 fully saturated rings. The van der Waals surface area contributed by atoms with Crippen molar-refractivity contribution in [1.82, 2.24) is 0 Å². The predicted molar refractivity (Wildman–Crippen MR) is 72.5 cm³/mol. The Morgan fingerprint density at radius 1 is 1.29 bits per heavy atom. The van der Waals surface area contributed by atoms with Crippen molar-refractivity contribution in [1.29, 1.82) is 0 Å². The molecule has 0 saturated heterocycles. The predicted octanol–water partition coefficient (Wildman–Crippen LogP) is 3.62. The summed E-state index contributed by atoms with van der Waals surface area (Å²) in [5.74, 6) is 1.63. The average Bonchev–Trinajstić information content (AvgIpc) is 2.55. The van der Waals surface area contributed by atoms with Gasteiger partial charge in [0.1, 0.15) is 5.78 Å². The molecule has 0 radical (unpaired) electrons. The maximum Gasteiger partial charge on any atom is 0.183 e. The molecule has 2 aliphatic carbocycles. The van der Waals surface area contributed by atoms with Crippen LogP contribution in [0.15, 0.2) is 0 Å². The molecule has 0 aromatic rings. The van der Waals surface area contributed by atoms with Crippen LogP contribution < -0.4 is 0 Å². The SMILES string of the molecule is C[C@H]1CC[C@@H]2CCCC(=O)[C@@]21CO[Si](C)(C)C. The van der Waals surface area contributed by atoms with E-state index < -0.39 is 8.32 Å². The van der Waals surface area contributed by atoms with Crippen LogP contribution in [-0.2, 0) is 9.22 Å². The number of rotatable bonds is 3. The second kappa shape index (κ2) is 4.50. The second-order valence-electron chi connectivity index (χ2n) is 6.93. The molecule has 17 heavy (non-hydrogen) atoms. The van der Waals surface area contributed by atoms with Crippen molar-refractivity contribution in [3.63, 3.8) is 0 Å². The maximum atomic E-state index is 12.5. The summed E-state index contributed by atoms with van der Waals surface area (Å²) in [5.41, 5.74) is -0.113. The number of fused-ring (bicyclic) bond motifs is 1. The highest BCUT2D eigenvalue weighted by atomic mass is 28.4. The van der Waals surface area contributed by atoms with Crippen LogP contribution in [0.4, 0.5) is 0 Å². The molecule has 0 bridgehead atoms. The van der Waals surface area contributed by atoms with E-state index in [2.05, 4.69) is 26.6 Å². The van der Waals surface area contributed by atoms with Crippen molar-refractivity contribution in [2.24, 2.45) is 17.3 Å². The van der Waals surface area contributed by atoms with Crippen LogP contribution >= 0.6 is 0 Å². The Hall–Kier alpha value is -0.153. The van der Waals surface area contributed by atoms with Crippen LogP contribution in [-0.4, -0.2) is 20.7 Å². The lowest BCUT2D eigenvalue weighted by Crippen LogP contribution is -2.48. The zero-order chi connectivity index (χ0) is 12.7. The Bertz CT molecular complexity index is 306. The first-order valence-corrected chi connectivity index (χ1v) is 10.4. The lowest BCUT2D eigenvalue weighted by Gasteiger charge is -2.42. The third-order valence-electron chi connectivity index (χ3n) is 4.78. The minimum atomic E-state index is -1.52. The number of carbonyl (C=O) groups is 1. The Morgan fingerprint density at radius 3 is 2.65 bits per heavy atom. The molecule has 0 aromatic heterocycles. The fourth-order valence-electron chi connectivity index (χ4n) is 3.69. The Kier molecular flexibility index (Phi) is 3.52. The lowest BCUT2D eigenvalue weighted by atomic mass is 9.64. The maximum absolute atomic E-state index is 12.5. The monoisotopic (exact) mass is 254 g/mol. The average molecular weight is 254 g/mol. The summed E-state index contributed by atoms with van der Waals surface area (Å²) >= 11 is 0. The summed E-state index contributed by atoms with van der Waals surface area (Å²) in [5, 5.41) is 0. The zero-order valence-corrected chi connectivity index (χ0v) is 12.7. The van der Waals surface area contributed by atoms with E-state index in [9.17, 15) is 4.79 Å². The third kappa shape index (κ3) is 2.36. The van der Waals surface area contributed by atoms with E-state index in [1.165, 1.54) is 19.3 Å². The largest absolute Gasteiger partial charge is 0.417 e. The van der Waals surface area contributed by atoms with Gasteiger partial charge in [0, 0.05) is 13.0 Å². The number of carbonyl (C=O) groups excluding carboxylic acids is 1. The molecular weight excluding hydrogens is 228 g/mol. The van der Waals surface area contributed by atoms with E-state index in [-0.39, 0.29) is 5.41 Å². The molecule has 0 amide bonds. The fourth-order valence-corrected chi connectivity index (χ4v) is 4.36. The molecule has 0 aromatic carbocycles. The molecule has 3 atom stereocenters. The minimum absolute atomic E-state index is 0.113. The first-order valence-electron chi connectivity index (χ1n) is 7.03. The molecule has 0 N–H and O–H groups in total. The van der Waals surface area contributed by atoms with Crippen molar-refractivity contribution in [3.8, 4) is 0 Å². The van der Waals surface area contributed by atoms with E-state index in [1.807, 2.05) is 0 Å². The van der Waals surface area contributed by atoms with Crippen LogP contribution in [0.25, 0.3) is 0 Å². The quantitative estimate of drug-likeness (QED) is 0.719. The number of Topliss-reactive ketones (excluding diaryl/α,β-unsaturated/α-hetero) is 1. The van der Waals surface area contributed by atoms with E-state index >= 15 is 0 Å². The molecule has 2 saturated carbocycles. The van der Waals surface area contributed by atoms with Gasteiger partial charge in [0.15, 0.2) is 8.32 Å². The fraction of sp³-hybridized carbons (Fsp3) is 0.929. The summed E-state index contributed by atoms with van der Waals surface area (Å²) < 4.78 is 6.13. The van der Waals surface area contributed by atoms with Crippen molar-refractivity contribution in [2.75, 3.05) is 6.61 Å². The molecule has 98 valence electrons. The van der Waals surface area contributed by atoms with Crippen LogP contribution in [0.2, 0.25) is 19.6 Å². The van der Waals surface area contributed by atoms with Crippen molar-refractivity contribution in [2.45, 2.75) is 58.7 Å². The van der Waals surface area contributed by atoms with Gasteiger partial charge < -0.3 is 4.43 Å². The zero-order valence-electron chi connectivity index (χ0n) is 11.7. The van der Waals surface area contributed by atoms with Gasteiger partial charge >= 0.3 is 0 Å². The molecule has 0 unspecified atom stereocenters. The normalized spacial score (nSPS) is 38.2. The molecule has 3 heteroatoms. The topological polar surface area (TPSA) is 26.3 Å². The van der Waals surface area contributed by atoms with E-state index in [0.29, 0.717) is 24.2 Å². The molecule has 2 aliphatic rings. The highest BCUT2D eigenvalue weighted by Crippen LogP contribution is 2.54. The summed E-state index contributed by atoms with van der Waals surface area (Å²) in [7, 11) is -1.52. The van der Waals surface area contributed by atoms with E-state index in [4.69, 9.17) is 4.43 Å². The first-order chi connectivity index (χ1) is 7.86. The Labute approximate surface area is 106 Å². The van der Waals surface area contributed by atoms with E-state index in [1.54, 1.807) is 0 Å². The van der Waals surface area contributed by atoms with Crippen molar-refractivity contribution in [3.05, 3.63) is 0 Å². The van der Waals surface area contributed by atoms with Gasteiger partial charge in [0.25, 0.3) is 0 Å². The number of hydrogen-bond donors (Lipinski definition) is 0. The third-order valence-corrected chi connectivity index (χ3v) is 5.79. The van der Waals surface area contributed by atoms with Crippen LogP contribution in [0.1, 0.15) is 39.0 Å². The summed E-state index contributed by atoms with van der Waals surface area (Å²) in [6.45, 7) is 9.60. The van der Waals surface area contributed by atoms with Crippen LogP contribution in [0, 0.1) is 17.3 Å². The molecular formula is C14H26O2Si. The second-order valence-corrected chi connectivity index (χ2v) is 11.4. The Balaban J connectivity index is 2.18. The van der Waals surface area contributed by atoms with Gasteiger partial charge in [0.2, 0.25) is 0 Å². The van der Waals surface area contributed by atoms with Gasteiger partial charge in [-0.3, -0.25) is 4.79 Å². The molecule has 2 nitrogen and oxygen atoms in total. The van der Waals surface area contributed by atoms with Gasteiger partial charge in [-0.25, -0.2) is 0 Å². The summed E-state index contributed by atoms with van der Waals surface area (Å²) in [4.78, 5) is 12.5. The van der Waals surface area contributed by atoms with Gasteiger partial charge in [-0.1, -0.05) is 6.92 Å². The number of hydrogen-bond acceptors (Lipinski definition) is 2. The molecule has 0 aliphatic heterocycles. The first kappa shape index (κ1) is 13.3.